The number of para-hydroxylation sites is 1. The van der Waals surface area contributed by atoms with Gasteiger partial charge in [-0.3, -0.25) is 4.90 Å². The highest BCUT2D eigenvalue weighted by molar-refractivity contribution is 5.74. The third-order valence-corrected chi connectivity index (χ3v) is 4.61. The maximum absolute atomic E-state index is 12.5. The van der Waals surface area contributed by atoms with Crippen LogP contribution in [0.1, 0.15) is 25.3 Å². The molecule has 1 heterocycles. The molecule has 1 aromatic carbocycles. The monoisotopic (exact) mass is 335 g/mol. The number of nitrogens with zero attached hydrogens (tertiary/aromatic N) is 2. The fourth-order valence-electron chi connectivity index (χ4n) is 3.27. The first kappa shape index (κ1) is 18.5. The van der Waals surface area contributed by atoms with Gasteiger partial charge in [0.2, 0.25) is 0 Å². The predicted octanol–water partition coefficient (Wildman–Crippen LogP) is 1.68. The van der Waals surface area contributed by atoms with Crippen LogP contribution in [0.15, 0.2) is 24.3 Å². The molecule has 0 aromatic heterocycles. The second-order valence-corrected chi connectivity index (χ2v) is 6.07. The summed E-state index contributed by atoms with van der Waals surface area (Å²) >= 11 is 0. The van der Waals surface area contributed by atoms with Crippen LogP contribution in [0.25, 0.3) is 0 Å². The molecular weight excluding hydrogens is 306 g/mol. The summed E-state index contributed by atoms with van der Waals surface area (Å²) in [6.07, 6.45) is 2.32. The lowest BCUT2D eigenvalue weighted by atomic mass is 10.2. The standard InChI is InChI=1S/C18H29N3O3/c1-3-20-10-6-8-16(20)13-19-18(23)21(11-12-22)14-15-7-4-5-9-17(15)24-2/h4-5,7,9,16,22H,3,6,8,10-14H2,1-2H3,(H,19,23). The van der Waals surface area contributed by atoms with Crippen molar-refractivity contribution in [3.8, 4) is 5.75 Å². The minimum absolute atomic E-state index is 0.0624. The molecule has 1 unspecified atom stereocenters. The van der Waals surface area contributed by atoms with Crippen LogP contribution in [-0.2, 0) is 6.54 Å². The van der Waals surface area contributed by atoms with Gasteiger partial charge in [0.15, 0.2) is 0 Å². The second-order valence-electron chi connectivity index (χ2n) is 6.07. The van der Waals surface area contributed by atoms with Crippen molar-refractivity contribution < 1.29 is 14.6 Å². The third kappa shape index (κ3) is 4.85. The Labute approximate surface area is 144 Å². The molecule has 1 aliphatic rings. The topological polar surface area (TPSA) is 65.0 Å². The molecule has 2 amide bonds. The SMILES string of the molecule is CCN1CCCC1CNC(=O)N(CCO)Cc1ccccc1OC. The summed E-state index contributed by atoms with van der Waals surface area (Å²) in [5.74, 6) is 0.751. The van der Waals surface area contributed by atoms with E-state index in [1.165, 1.54) is 6.42 Å². The van der Waals surface area contributed by atoms with Crippen LogP contribution in [0.2, 0.25) is 0 Å². The first-order valence-electron chi connectivity index (χ1n) is 8.69. The first-order chi connectivity index (χ1) is 11.7. The molecule has 6 heteroatoms. The molecule has 0 aliphatic carbocycles. The zero-order valence-corrected chi connectivity index (χ0v) is 14.7. The van der Waals surface area contributed by atoms with Crippen LogP contribution < -0.4 is 10.1 Å². The lowest BCUT2D eigenvalue weighted by Gasteiger charge is -2.26. The quantitative estimate of drug-likeness (QED) is 0.759. The molecule has 2 N–H and O–H groups in total. The van der Waals surface area contributed by atoms with Crippen molar-refractivity contribution in [2.75, 3.05) is 39.9 Å². The average molecular weight is 335 g/mol. The van der Waals surface area contributed by atoms with Gasteiger partial charge in [0.1, 0.15) is 5.75 Å². The molecular formula is C18H29N3O3. The minimum atomic E-state index is -0.141. The van der Waals surface area contributed by atoms with Crippen molar-refractivity contribution in [3.63, 3.8) is 0 Å². The number of aliphatic hydroxyl groups excluding tert-OH is 1. The van der Waals surface area contributed by atoms with Crippen LogP contribution >= 0.6 is 0 Å². The van der Waals surface area contributed by atoms with Gasteiger partial charge >= 0.3 is 6.03 Å². The third-order valence-electron chi connectivity index (χ3n) is 4.61. The Hall–Kier alpha value is -1.79. The van der Waals surface area contributed by atoms with E-state index in [4.69, 9.17) is 4.74 Å². The Bertz CT molecular complexity index is 524. The van der Waals surface area contributed by atoms with Gasteiger partial charge < -0.3 is 20.1 Å². The smallest absolute Gasteiger partial charge is 0.317 e. The summed E-state index contributed by atoms with van der Waals surface area (Å²) in [5, 5.41) is 12.3. The van der Waals surface area contributed by atoms with Gasteiger partial charge in [-0.1, -0.05) is 25.1 Å². The van der Waals surface area contributed by atoms with Crippen molar-refractivity contribution in [1.29, 1.82) is 0 Å². The van der Waals surface area contributed by atoms with Crippen molar-refractivity contribution in [2.45, 2.75) is 32.4 Å². The molecule has 1 fully saturated rings. The van der Waals surface area contributed by atoms with E-state index in [1.807, 2.05) is 24.3 Å². The fraction of sp³-hybridized carbons (Fsp3) is 0.611. The average Bonchev–Trinajstić information content (AvgIpc) is 3.07. The molecule has 6 nitrogen and oxygen atoms in total. The molecule has 0 saturated carbocycles. The van der Waals surface area contributed by atoms with E-state index in [-0.39, 0.29) is 12.6 Å². The summed E-state index contributed by atoms with van der Waals surface area (Å²) in [6, 6.07) is 7.91. The van der Waals surface area contributed by atoms with Gasteiger partial charge in [0, 0.05) is 24.7 Å². The van der Waals surface area contributed by atoms with E-state index in [1.54, 1.807) is 12.0 Å². The van der Waals surface area contributed by atoms with Crippen LogP contribution in [0, 0.1) is 0 Å². The van der Waals surface area contributed by atoms with Crippen molar-refractivity contribution >= 4 is 6.03 Å². The zero-order chi connectivity index (χ0) is 17.4. The van der Waals surface area contributed by atoms with Crippen LogP contribution in [0.4, 0.5) is 4.79 Å². The Morgan fingerprint density at radius 3 is 2.96 bits per heavy atom. The summed E-state index contributed by atoms with van der Waals surface area (Å²) in [4.78, 5) is 16.6. The van der Waals surface area contributed by atoms with Gasteiger partial charge in [0.05, 0.1) is 20.3 Å². The number of hydrogen-bond acceptors (Lipinski definition) is 4. The first-order valence-corrected chi connectivity index (χ1v) is 8.69. The number of likely N-dealkylation sites (tertiary alicyclic amines) is 1. The zero-order valence-electron chi connectivity index (χ0n) is 14.7. The fourth-order valence-corrected chi connectivity index (χ4v) is 3.27. The second kappa shape index (κ2) is 9.49. The number of hydrogen-bond donors (Lipinski definition) is 2. The number of ether oxygens (including phenoxy) is 1. The van der Waals surface area contributed by atoms with E-state index in [9.17, 15) is 9.90 Å². The van der Waals surface area contributed by atoms with Gasteiger partial charge in [-0.25, -0.2) is 4.79 Å². The molecule has 134 valence electrons. The number of nitrogens with one attached hydrogen (secondary N) is 1. The lowest BCUT2D eigenvalue weighted by Crippen LogP contribution is -2.46. The minimum Gasteiger partial charge on any atom is -0.496 e. The molecule has 24 heavy (non-hydrogen) atoms. The van der Waals surface area contributed by atoms with Crippen molar-refractivity contribution in [1.82, 2.24) is 15.1 Å². The number of likely N-dealkylation sites (N-methyl/N-ethyl adjacent to an activating group) is 1. The van der Waals surface area contributed by atoms with Gasteiger partial charge in [-0.05, 0) is 32.0 Å². The van der Waals surface area contributed by atoms with Crippen molar-refractivity contribution in [2.24, 2.45) is 0 Å². The Balaban J connectivity index is 1.94. The Morgan fingerprint density at radius 1 is 1.46 bits per heavy atom. The summed E-state index contributed by atoms with van der Waals surface area (Å²) in [5.41, 5.74) is 0.930. The maximum atomic E-state index is 12.5. The van der Waals surface area contributed by atoms with Gasteiger partial charge in [0.25, 0.3) is 0 Å². The molecule has 0 spiro atoms. The number of methoxy groups -OCH3 is 1. The summed E-state index contributed by atoms with van der Waals surface area (Å²) in [6.45, 7) is 5.58. The number of rotatable bonds is 8. The van der Waals surface area contributed by atoms with E-state index < -0.39 is 0 Å². The maximum Gasteiger partial charge on any atom is 0.317 e. The molecule has 0 bridgehead atoms. The summed E-state index contributed by atoms with van der Waals surface area (Å²) in [7, 11) is 1.62. The largest absolute Gasteiger partial charge is 0.496 e. The number of aliphatic hydroxyl groups is 1. The number of benzene rings is 1. The van der Waals surface area contributed by atoms with Crippen LogP contribution in [-0.4, -0.2) is 66.9 Å². The van der Waals surface area contributed by atoms with E-state index in [0.717, 1.165) is 30.8 Å². The van der Waals surface area contributed by atoms with Crippen molar-refractivity contribution in [3.05, 3.63) is 29.8 Å². The Morgan fingerprint density at radius 2 is 2.25 bits per heavy atom. The van der Waals surface area contributed by atoms with Gasteiger partial charge in [-0.2, -0.15) is 0 Å². The molecule has 0 radical (unpaired) electrons. The number of amides is 2. The Kier molecular flexibility index (Phi) is 7.34. The molecule has 1 aliphatic heterocycles. The van der Waals surface area contributed by atoms with Gasteiger partial charge in [-0.15, -0.1) is 0 Å². The predicted molar refractivity (Wildman–Crippen MR) is 94.2 cm³/mol. The number of urea groups is 1. The van der Waals surface area contributed by atoms with Crippen LogP contribution in [0.3, 0.4) is 0 Å². The molecule has 1 atom stereocenters. The molecule has 1 saturated heterocycles. The highest BCUT2D eigenvalue weighted by atomic mass is 16.5. The van der Waals surface area contributed by atoms with E-state index >= 15 is 0 Å². The van der Waals surface area contributed by atoms with E-state index in [2.05, 4.69) is 17.1 Å². The van der Waals surface area contributed by atoms with E-state index in [0.29, 0.717) is 25.7 Å². The number of carbonyl (C=O) groups excluding carboxylic acids is 1. The lowest BCUT2D eigenvalue weighted by molar-refractivity contribution is 0.169. The normalized spacial score (nSPS) is 17.7. The molecule has 1 aromatic rings. The molecule has 2 rings (SSSR count). The highest BCUT2D eigenvalue weighted by Gasteiger charge is 2.24. The number of carbonyl (C=O) groups is 1. The van der Waals surface area contributed by atoms with Crippen LogP contribution in [0.5, 0.6) is 5.75 Å². The highest BCUT2D eigenvalue weighted by Crippen LogP contribution is 2.19. The summed E-state index contributed by atoms with van der Waals surface area (Å²) < 4.78 is 5.35.